The van der Waals surface area contributed by atoms with E-state index in [1.807, 2.05) is 12.1 Å². The Balaban J connectivity index is 2.29. The number of hydrogen-bond donors (Lipinski definition) is 2. The zero-order valence-electron chi connectivity index (χ0n) is 11.8. The summed E-state index contributed by atoms with van der Waals surface area (Å²) in [6.07, 6.45) is 1.19. The minimum Gasteiger partial charge on any atom is -0.493 e. The highest BCUT2D eigenvalue weighted by Crippen LogP contribution is 2.43. The van der Waals surface area contributed by atoms with Gasteiger partial charge in [0.25, 0.3) is 0 Å². The monoisotopic (exact) mass is 280 g/mol. The topological polar surface area (TPSA) is 82.8 Å². The van der Waals surface area contributed by atoms with Crippen LogP contribution >= 0.6 is 0 Å². The van der Waals surface area contributed by atoms with Crippen LogP contribution in [0.5, 0.6) is 17.2 Å². The molecule has 0 bridgehead atoms. The molecule has 0 fully saturated rings. The summed E-state index contributed by atoms with van der Waals surface area (Å²) in [5.41, 5.74) is 6.22. The van der Waals surface area contributed by atoms with Crippen molar-refractivity contribution in [2.75, 3.05) is 20.4 Å². The van der Waals surface area contributed by atoms with Crippen molar-refractivity contribution in [3.8, 4) is 17.2 Å². The number of primary amides is 1. The summed E-state index contributed by atoms with van der Waals surface area (Å²) in [7, 11) is 1.57. The number of hydrogen-bond acceptors (Lipinski definition) is 5. The van der Waals surface area contributed by atoms with E-state index in [9.17, 15) is 4.79 Å². The maximum Gasteiger partial charge on any atom is 0.231 e. The van der Waals surface area contributed by atoms with Gasteiger partial charge in [-0.1, -0.05) is 6.92 Å². The van der Waals surface area contributed by atoms with Gasteiger partial charge in [-0.3, -0.25) is 4.79 Å². The minimum absolute atomic E-state index is 0.157. The first-order valence-electron chi connectivity index (χ1n) is 6.65. The molecule has 20 heavy (non-hydrogen) atoms. The minimum atomic E-state index is -0.352. The Morgan fingerprint density at radius 3 is 2.95 bits per heavy atom. The average molecular weight is 280 g/mol. The van der Waals surface area contributed by atoms with Crippen LogP contribution in [0.25, 0.3) is 0 Å². The fourth-order valence-corrected chi connectivity index (χ4v) is 2.18. The van der Waals surface area contributed by atoms with Gasteiger partial charge in [0.2, 0.25) is 18.4 Å². The van der Waals surface area contributed by atoms with Gasteiger partial charge < -0.3 is 25.3 Å². The summed E-state index contributed by atoms with van der Waals surface area (Å²) in [6, 6.07) is 3.56. The Labute approximate surface area is 118 Å². The Morgan fingerprint density at radius 1 is 1.50 bits per heavy atom. The number of carbonyl (C=O) groups excluding carboxylic acids is 1. The summed E-state index contributed by atoms with van der Waals surface area (Å²) in [5, 5.41) is 3.31. The van der Waals surface area contributed by atoms with Gasteiger partial charge in [-0.2, -0.15) is 0 Å². The number of nitrogens with one attached hydrogen (secondary N) is 1. The first kappa shape index (κ1) is 14.5. The van der Waals surface area contributed by atoms with Gasteiger partial charge in [0, 0.05) is 12.5 Å². The van der Waals surface area contributed by atoms with E-state index in [2.05, 4.69) is 12.2 Å². The normalized spacial score (nSPS) is 14.1. The third kappa shape index (κ3) is 3.14. The second-order valence-corrected chi connectivity index (χ2v) is 4.63. The molecule has 2 rings (SSSR count). The van der Waals surface area contributed by atoms with Crippen molar-refractivity contribution in [3.05, 3.63) is 17.7 Å². The van der Waals surface area contributed by atoms with Crippen LogP contribution in [0, 0.1) is 0 Å². The first-order chi connectivity index (χ1) is 9.65. The third-order valence-electron chi connectivity index (χ3n) is 3.13. The van der Waals surface area contributed by atoms with Crippen LogP contribution in [0.1, 0.15) is 31.4 Å². The molecule has 0 aliphatic carbocycles. The van der Waals surface area contributed by atoms with Crippen molar-refractivity contribution in [1.82, 2.24) is 5.32 Å². The predicted octanol–water partition coefficient (Wildman–Crippen LogP) is 1.34. The van der Waals surface area contributed by atoms with Crippen LogP contribution in [0.15, 0.2) is 12.1 Å². The van der Waals surface area contributed by atoms with E-state index in [4.69, 9.17) is 19.9 Å². The van der Waals surface area contributed by atoms with Crippen molar-refractivity contribution in [3.63, 3.8) is 0 Å². The lowest BCUT2D eigenvalue weighted by Gasteiger charge is -2.19. The molecule has 1 aromatic carbocycles. The number of ether oxygens (including phenoxy) is 3. The van der Waals surface area contributed by atoms with E-state index in [1.54, 1.807) is 7.11 Å². The van der Waals surface area contributed by atoms with E-state index in [0.29, 0.717) is 17.2 Å². The molecule has 1 aromatic rings. The molecule has 0 aromatic heterocycles. The highest BCUT2D eigenvalue weighted by atomic mass is 16.7. The summed E-state index contributed by atoms with van der Waals surface area (Å²) in [5.74, 6) is 1.48. The Kier molecular flexibility index (Phi) is 4.68. The molecule has 110 valence electrons. The molecule has 1 aliphatic heterocycles. The summed E-state index contributed by atoms with van der Waals surface area (Å²) >= 11 is 0. The van der Waals surface area contributed by atoms with Crippen LogP contribution in [0.3, 0.4) is 0 Å². The molecule has 0 saturated heterocycles. The number of methoxy groups -OCH3 is 1. The SMILES string of the molecule is CCCNC(CC(N)=O)c1cc(OC)c2c(c1)OCO2. The smallest absolute Gasteiger partial charge is 0.231 e. The number of fused-ring (bicyclic) bond motifs is 1. The van der Waals surface area contributed by atoms with Crippen LogP contribution in [0.4, 0.5) is 0 Å². The highest BCUT2D eigenvalue weighted by Gasteiger charge is 2.23. The van der Waals surface area contributed by atoms with Crippen LogP contribution in [-0.4, -0.2) is 26.4 Å². The Bertz CT molecular complexity index is 490. The number of rotatable bonds is 7. The highest BCUT2D eigenvalue weighted by molar-refractivity contribution is 5.75. The molecular formula is C14H20N2O4. The number of benzene rings is 1. The van der Waals surface area contributed by atoms with E-state index >= 15 is 0 Å². The van der Waals surface area contributed by atoms with Gasteiger partial charge in [0.15, 0.2) is 11.5 Å². The van der Waals surface area contributed by atoms with Crippen molar-refractivity contribution >= 4 is 5.91 Å². The molecule has 6 nitrogen and oxygen atoms in total. The van der Waals surface area contributed by atoms with Crippen LogP contribution < -0.4 is 25.3 Å². The van der Waals surface area contributed by atoms with E-state index in [0.717, 1.165) is 18.5 Å². The van der Waals surface area contributed by atoms with Crippen molar-refractivity contribution in [2.24, 2.45) is 5.73 Å². The predicted molar refractivity (Wildman–Crippen MR) is 74.0 cm³/mol. The van der Waals surface area contributed by atoms with Gasteiger partial charge in [-0.25, -0.2) is 0 Å². The van der Waals surface area contributed by atoms with E-state index in [1.165, 1.54) is 0 Å². The lowest BCUT2D eigenvalue weighted by atomic mass is 10.0. The second kappa shape index (κ2) is 6.47. The van der Waals surface area contributed by atoms with Gasteiger partial charge in [-0.05, 0) is 30.7 Å². The zero-order chi connectivity index (χ0) is 14.5. The van der Waals surface area contributed by atoms with E-state index < -0.39 is 0 Å². The Morgan fingerprint density at radius 2 is 2.30 bits per heavy atom. The molecule has 1 atom stereocenters. The third-order valence-corrected chi connectivity index (χ3v) is 3.13. The molecule has 1 aliphatic rings. The first-order valence-corrected chi connectivity index (χ1v) is 6.65. The number of nitrogens with two attached hydrogens (primary N) is 1. The summed E-state index contributed by atoms with van der Waals surface area (Å²) in [6.45, 7) is 3.04. The quantitative estimate of drug-likeness (QED) is 0.787. The van der Waals surface area contributed by atoms with Gasteiger partial charge in [0.1, 0.15) is 0 Å². The molecule has 1 heterocycles. The fraction of sp³-hybridized carbons (Fsp3) is 0.500. The molecule has 0 saturated carbocycles. The van der Waals surface area contributed by atoms with Crippen molar-refractivity contribution in [1.29, 1.82) is 0 Å². The fourth-order valence-electron chi connectivity index (χ4n) is 2.18. The van der Waals surface area contributed by atoms with Crippen LogP contribution in [0.2, 0.25) is 0 Å². The lowest BCUT2D eigenvalue weighted by Crippen LogP contribution is -2.27. The zero-order valence-corrected chi connectivity index (χ0v) is 11.8. The van der Waals surface area contributed by atoms with Crippen LogP contribution in [-0.2, 0) is 4.79 Å². The number of amides is 1. The standard InChI is InChI=1S/C14H20N2O4/c1-3-4-16-10(7-13(15)17)9-5-11(18-2)14-12(6-9)19-8-20-14/h5-6,10,16H,3-4,7-8H2,1-2H3,(H2,15,17). The Hall–Kier alpha value is -1.95. The molecule has 1 unspecified atom stereocenters. The van der Waals surface area contributed by atoms with Gasteiger partial charge >= 0.3 is 0 Å². The average Bonchev–Trinajstić information content (AvgIpc) is 2.90. The van der Waals surface area contributed by atoms with Gasteiger partial charge in [0.05, 0.1) is 7.11 Å². The second-order valence-electron chi connectivity index (χ2n) is 4.63. The largest absolute Gasteiger partial charge is 0.493 e. The van der Waals surface area contributed by atoms with Gasteiger partial charge in [-0.15, -0.1) is 0 Å². The molecule has 0 spiro atoms. The molecule has 0 radical (unpaired) electrons. The molecule has 3 N–H and O–H groups in total. The molecular weight excluding hydrogens is 260 g/mol. The molecule has 6 heteroatoms. The maximum atomic E-state index is 11.2. The lowest BCUT2D eigenvalue weighted by molar-refractivity contribution is -0.118. The van der Waals surface area contributed by atoms with E-state index in [-0.39, 0.29) is 25.2 Å². The maximum absolute atomic E-state index is 11.2. The molecule has 1 amide bonds. The number of carbonyl (C=O) groups is 1. The summed E-state index contributed by atoms with van der Waals surface area (Å²) in [4.78, 5) is 11.2. The van der Waals surface area contributed by atoms with Crippen molar-refractivity contribution in [2.45, 2.75) is 25.8 Å². The van der Waals surface area contributed by atoms with Crippen molar-refractivity contribution < 1.29 is 19.0 Å². The summed E-state index contributed by atoms with van der Waals surface area (Å²) < 4.78 is 16.1.